The molecule has 0 aliphatic heterocycles. The molecule has 0 saturated heterocycles. The molecule has 0 spiro atoms. The average Bonchev–Trinajstić information content (AvgIpc) is 3.27. The van der Waals surface area contributed by atoms with Crippen molar-refractivity contribution in [1.82, 2.24) is 14.9 Å². The number of rotatable bonds is 8. The highest BCUT2D eigenvalue weighted by Crippen LogP contribution is 2.29. The fourth-order valence-corrected chi connectivity index (χ4v) is 3.38. The van der Waals surface area contributed by atoms with E-state index in [9.17, 15) is 8.42 Å². The molecule has 0 radical (unpaired) electrons. The van der Waals surface area contributed by atoms with E-state index in [-0.39, 0.29) is 23.2 Å². The minimum atomic E-state index is -3.60. The van der Waals surface area contributed by atoms with Crippen LogP contribution in [0.3, 0.4) is 0 Å². The van der Waals surface area contributed by atoms with E-state index in [2.05, 4.69) is 14.9 Å². The Kier molecular flexibility index (Phi) is 4.86. The maximum absolute atomic E-state index is 12.4. The lowest BCUT2D eigenvalue weighted by Gasteiger charge is -2.11. The quantitative estimate of drug-likeness (QED) is 0.785. The van der Waals surface area contributed by atoms with Gasteiger partial charge in [-0.3, -0.25) is 0 Å². The average molecular weight is 351 g/mol. The first-order chi connectivity index (χ1) is 11.5. The Morgan fingerprint density at radius 1 is 1.29 bits per heavy atom. The number of hydrogen-bond donors (Lipinski definition) is 1. The molecule has 130 valence electrons. The van der Waals surface area contributed by atoms with Crippen LogP contribution >= 0.6 is 0 Å². The normalized spacial score (nSPS) is 15.0. The summed E-state index contributed by atoms with van der Waals surface area (Å²) in [7, 11) is -3.60. The summed E-state index contributed by atoms with van der Waals surface area (Å²) in [4.78, 5) is 0.120. The third-order valence-electron chi connectivity index (χ3n) is 3.73. The van der Waals surface area contributed by atoms with E-state index in [1.807, 2.05) is 13.8 Å². The number of sulfonamides is 1. The summed E-state index contributed by atoms with van der Waals surface area (Å²) in [6.07, 6.45) is 2.16. The molecule has 1 saturated carbocycles. The number of aromatic nitrogens is 2. The van der Waals surface area contributed by atoms with Gasteiger partial charge in [-0.1, -0.05) is 26.0 Å². The van der Waals surface area contributed by atoms with Crippen LogP contribution in [0.4, 0.5) is 0 Å². The van der Waals surface area contributed by atoms with Crippen molar-refractivity contribution in [2.24, 2.45) is 5.92 Å². The number of nitrogens with one attached hydrogen (secondary N) is 1. The fourth-order valence-electron chi connectivity index (χ4n) is 2.12. The Balaban J connectivity index is 1.70. The van der Waals surface area contributed by atoms with Gasteiger partial charge in [0.05, 0.1) is 0 Å². The SMILES string of the molecule is CC(C)c1nnc(COc2ccccc2S(=O)(=O)NCC2CC2)o1. The predicted molar refractivity (Wildman–Crippen MR) is 87.1 cm³/mol. The Hall–Kier alpha value is -1.93. The van der Waals surface area contributed by atoms with E-state index in [0.717, 1.165) is 12.8 Å². The van der Waals surface area contributed by atoms with Crippen LogP contribution in [0.2, 0.25) is 0 Å². The molecule has 0 amide bonds. The summed E-state index contributed by atoms with van der Waals surface area (Å²) in [6.45, 7) is 4.39. The van der Waals surface area contributed by atoms with Crippen molar-refractivity contribution in [3.05, 3.63) is 36.0 Å². The predicted octanol–water partition coefficient (Wildman–Crippen LogP) is 2.46. The maximum Gasteiger partial charge on any atom is 0.253 e. The highest BCUT2D eigenvalue weighted by molar-refractivity contribution is 7.89. The second-order valence-corrected chi connectivity index (χ2v) is 7.95. The van der Waals surface area contributed by atoms with Gasteiger partial charge >= 0.3 is 0 Å². The number of hydrogen-bond acceptors (Lipinski definition) is 6. The third kappa shape index (κ3) is 4.12. The number of ether oxygens (including phenoxy) is 1. The Labute approximate surface area is 141 Å². The van der Waals surface area contributed by atoms with E-state index >= 15 is 0 Å². The molecule has 1 aliphatic rings. The first kappa shape index (κ1) is 16.9. The zero-order valence-corrected chi connectivity index (χ0v) is 14.5. The first-order valence-electron chi connectivity index (χ1n) is 7.99. The van der Waals surface area contributed by atoms with E-state index in [1.165, 1.54) is 6.07 Å². The van der Waals surface area contributed by atoms with Crippen LogP contribution in [-0.2, 0) is 16.6 Å². The van der Waals surface area contributed by atoms with Crippen molar-refractivity contribution in [2.75, 3.05) is 6.54 Å². The van der Waals surface area contributed by atoms with Gasteiger partial charge in [-0.25, -0.2) is 13.1 Å². The monoisotopic (exact) mass is 351 g/mol. The topological polar surface area (TPSA) is 94.3 Å². The van der Waals surface area contributed by atoms with E-state index in [0.29, 0.717) is 24.2 Å². The lowest BCUT2D eigenvalue weighted by molar-refractivity contribution is 0.251. The maximum atomic E-state index is 12.4. The van der Waals surface area contributed by atoms with Crippen molar-refractivity contribution < 1.29 is 17.6 Å². The van der Waals surface area contributed by atoms with Crippen LogP contribution in [-0.4, -0.2) is 25.2 Å². The fraction of sp³-hybridized carbons (Fsp3) is 0.500. The minimum Gasteiger partial charge on any atom is -0.482 e. The number of nitrogens with zero attached hydrogens (tertiary/aromatic N) is 2. The standard InChI is InChI=1S/C16H21N3O4S/c1-11(2)16-19-18-15(23-16)10-22-13-5-3-4-6-14(13)24(20,21)17-9-12-7-8-12/h3-6,11-12,17H,7-10H2,1-2H3. The van der Waals surface area contributed by atoms with Crippen molar-refractivity contribution in [1.29, 1.82) is 0 Å². The molecule has 0 unspecified atom stereocenters. The zero-order valence-electron chi connectivity index (χ0n) is 13.7. The molecule has 1 N–H and O–H groups in total. The molecule has 0 bridgehead atoms. The lowest BCUT2D eigenvalue weighted by atomic mass is 10.2. The second kappa shape index (κ2) is 6.90. The Bertz CT molecular complexity index is 797. The van der Waals surface area contributed by atoms with Crippen LogP contribution in [0.5, 0.6) is 5.75 Å². The Morgan fingerprint density at radius 2 is 2.04 bits per heavy atom. The van der Waals surface area contributed by atoms with Crippen molar-refractivity contribution >= 4 is 10.0 Å². The smallest absolute Gasteiger partial charge is 0.253 e. The van der Waals surface area contributed by atoms with Gasteiger partial charge < -0.3 is 9.15 Å². The zero-order chi connectivity index (χ0) is 17.2. The molecular weight excluding hydrogens is 330 g/mol. The van der Waals surface area contributed by atoms with E-state index in [1.54, 1.807) is 18.2 Å². The number of para-hydroxylation sites is 1. The minimum absolute atomic E-state index is 0.0227. The van der Waals surface area contributed by atoms with Gasteiger partial charge in [0.1, 0.15) is 10.6 Å². The summed E-state index contributed by atoms with van der Waals surface area (Å²) in [5.74, 6) is 1.70. The van der Waals surface area contributed by atoms with Gasteiger partial charge in [-0.15, -0.1) is 10.2 Å². The number of benzene rings is 1. The molecule has 7 nitrogen and oxygen atoms in total. The van der Waals surface area contributed by atoms with Gasteiger partial charge in [-0.2, -0.15) is 0 Å². The summed E-state index contributed by atoms with van der Waals surface area (Å²) >= 11 is 0. The van der Waals surface area contributed by atoms with Crippen molar-refractivity contribution in [3.8, 4) is 5.75 Å². The van der Waals surface area contributed by atoms with Gasteiger partial charge in [0.25, 0.3) is 5.89 Å². The van der Waals surface area contributed by atoms with Crippen LogP contribution < -0.4 is 9.46 Å². The van der Waals surface area contributed by atoms with E-state index < -0.39 is 10.0 Å². The van der Waals surface area contributed by atoms with Gasteiger partial charge in [-0.05, 0) is 30.9 Å². The molecule has 8 heteroatoms. The highest BCUT2D eigenvalue weighted by Gasteiger charge is 2.26. The largest absolute Gasteiger partial charge is 0.482 e. The molecular formula is C16H21N3O4S. The summed E-state index contributed by atoms with van der Waals surface area (Å²) in [5.41, 5.74) is 0. The molecule has 1 heterocycles. The summed E-state index contributed by atoms with van der Waals surface area (Å²) < 4.78 is 38.6. The van der Waals surface area contributed by atoms with Gasteiger partial charge in [0.15, 0.2) is 6.61 Å². The van der Waals surface area contributed by atoms with Crippen LogP contribution in [0.25, 0.3) is 0 Å². The van der Waals surface area contributed by atoms with Crippen LogP contribution in [0, 0.1) is 5.92 Å². The van der Waals surface area contributed by atoms with E-state index in [4.69, 9.17) is 9.15 Å². The lowest BCUT2D eigenvalue weighted by Crippen LogP contribution is -2.26. The molecule has 0 atom stereocenters. The van der Waals surface area contributed by atoms with Crippen molar-refractivity contribution in [2.45, 2.75) is 44.1 Å². The molecule has 1 aliphatic carbocycles. The summed E-state index contributed by atoms with van der Waals surface area (Å²) in [6, 6.07) is 6.54. The molecule has 24 heavy (non-hydrogen) atoms. The molecule has 3 rings (SSSR count). The van der Waals surface area contributed by atoms with Crippen LogP contribution in [0.1, 0.15) is 44.4 Å². The Morgan fingerprint density at radius 3 is 2.71 bits per heavy atom. The molecule has 2 aromatic rings. The van der Waals surface area contributed by atoms with Crippen molar-refractivity contribution in [3.63, 3.8) is 0 Å². The third-order valence-corrected chi connectivity index (χ3v) is 5.19. The first-order valence-corrected chi connectivity index (χ1v) is 9.48. The van der Waals surface area contributed by atoms with Gasteiger partial charge in [0.2, 0.25) is 15.9 Å². The molecule has 1 aromatic carbocycles. The summed E-state index contributed by atoms with van der Waals surface area (Å²) in [5, 5.41) is 7.83. The van der Waals surface area contributed by atoms with Crippen LogP contribution in [0.15, 0.2) is 33.6 Å². The highest BCUT2D eigenvalue weighted by atomic mass is 32.2. The molecule has 1 aromatic heterocycles. The van der Waals surface area contributed by atoms with Gasteiger partial charge in [0, 0.05) is 12.5 Å². The molecule has 1 fully saturated rings. The second-order valence-electron chi connectivity index (χ2n) is 6.22.